The Hall–Kier alpha value is -2.31. The van der Waals surface area contributed by atoms with Gasteiger partial charge in [-0.3, -0.25) is 9.69 Å². The summed E-state index contributed by atoms with van der Waals surface area (Å²) in [7, 11) is 2.32. The van der Waals surface area contributed by atoms with Crippen molar-refractivity contribution in [1.29, 1.82) is 0 Å². The lowest BCUT2D eigenvalue weighted by Crippen LogP contribution is -2.43. The smallest absolute Gasteiger partial charge is 0.326 e. The van der Waals surface area contributed by atoms with E-state index in [1.807, 2.05) is 43.0 Å². The Morgan fingerprint density at radius 3 is 2.45 bits per heavy atom. The van der Waals surface area contributed by atoms with Gasteiger partial charge < -0.3 is 10.4 Å². The zero-order valence-corrected chi connectivity index (χ0v) is 24.5. The topological polar surface area (TPSA) is 69.6 Å². The van der Waals surface area contributed by atoms with Gasteiger partial charge in [0.1, 0.15) is 6.04 Å². The van der Waals surface area contributed by atoms with E-state index in [0.29, 0.717) is 30.5 Å². The minimum atomic E-state index is -0.993. The number of carbonyl (C=O) groups is 2. The summed E-state index contributed by atoms with van der Waals surface area (Å²) in [6.45, 7) is 6.21. The largest absolute Gasteiger partial charge is 0.480 e. The second-order valence-corrected chi connectivity index (χ2v) is 12.0. The van der Waals surface area contributed by atoms with Gasteiger partial charge in [-0.05, 0) is 80.1 Å². The van der Waals surface area contributed by atoms with Crippen molar-refractivity contribution in [1.82, 2.24) is 10.2 Å². The first kappa shape index (κ1) is 30.2. The highest BCUT2D eigenvalue weighted by Crippen LogP contribution is 2.30. The van der Waals surface area contributed by atoms with Crippen LogP contribution in [-0.4, -0.2) is 58.6 Å². The van der Waals surface area contributed by atoms with Gasteiger partial charge in [0.2, 0.25) is 0 Å². The SMILES string of the molecule is CCC[C@H](NC(=O)c1ccc(CCC(CSCC)N(C)C2CCCCC2)cc1-c1ccccc1C)C(=O)O. The van der Waals surface area contributed by atoms with Gasteiger partial charge in [-0.25, -0.2) is 4.79 Å². The molecule has 2 aromatic rings. The normalized spacial score (nSPS) is 15.8. The number of amides is 1. The minimum absolute atomic E-state index is 0.329. The van der Waals surface area contributed by atoms with Gasteiger partial charge in [-0.15, -0.1) is 0 Å². The van der Waals surface area contributed by atoms with Crippen molar-refractivity contribution in [2.45, 2.75) is 96.7 Å². The molecule has 0 saturated heterocycles. The molecule has 1 aliphatic carbocycles. The van der Waals surface area contributed by atoms with Crippen molar-refractivity contribution < 1.29 is 14.7 Å². The zero-order chi connectivity index (χ0) is 27.5. The second kappa shape index (κ2) is 15.3. The number of hydrogen-bond donors (Lipinski definition) is 2. The molecule has 1 saturated carbocycles. The van der Waals surface area contributed by atoms with E-state index in [0.717, 1.165) is 41.0 Å². The van der Waals surface area contributed by atoms with Gasteiger partial charge in [-0.2, -0.15) is 11.8 Å². The van der Waals surface area contributed by atoms with Gasteiger partial charge in [0.25, 0.3) is 5.91 Å². The zero-order valence-electron chi connectivity index (χ0n) is 23.7. The predicted molar refractivity (Wildman–Crippen MR) is 160 cm³/mol. The van der Waals surface area contributed by atoms with E-state index in [4.69, 9.17) is 0 Å². The van der Waals surface area contributed by atoms with Gasteiger partial charge in [0.15, 0.2) is 0 Å². The van der Waals surface area contributed by atoms with E-state index < -0.39 is 12.0 Å². The Bertz CT molecular complexity index is 1050. The molecule has 1 unspecified atom stereocenters. The summed E-state index contributed by atoms with van der Waals surface area (Å²) in [5.41, 5.74) is 4.73. The summed E-state index contributed by atoms with van der Waals surface area (Å²) in [5, 5.41) is 12.3. The molecule has 5 nitrogen and oxygen atoms in total. The summed E-state index contributed by atoms with van der Waals surface area (Å²) < 4.78 is 0. The fraction of sp³-hybridized carbons (Fsp3) is 0.562. The van der Waals surface area contributed by atoms with Crippen LogP contribution >= 0.6 is 11.8 Å². The van der Waals surface area contributed by atoms with E-state index in [1.165, 1.54) is 37.7 Å². The molecule has 1 fully saturated rings. The molecule has 0 heterocycles. The number of carboxylic acid groups (broad SMARTS) is 1. The maximum Gasteiger partial charge on any atom is 0.326 e. The van der Waals surface area contributed by atoms with Crippen molar-refractivity contribution in [2.24, 2.45) is 0 Å². The first-order chi connectivity index (χ1) is 18.3. The van der Waals surface area contributed by atoms with Crippen LogP contribution < -0.4 is 5.32 Å². The maximum absolute atomic E-state index is 13.3. The lowest BCUT2D eigenvalue weighted by molar-refractivity contribution is -0.139. The van der Waals surface area contributed by atoms with E-state index in [2.05, 4.69) is 49.3 Å². The fourth-order valence-electron chi connectivity index (χ4n) is 5.60. The standard InChI is InChI=1S/C32H46N2O3S/c1-5-12-30(32(36)37)33-31(35)28-20-18-24(21-29(28)27-16-11-10-13-23(27)3)17-19-26(22-38-6-2)34(4)25-14-8-7-9-15-25/h10-11,13,16,18,20-21,25-26,30H,5-9,12,14-15,17,19,22H2,1-4H3,(H,33,35)(H,36,37)/t26?,30-/m0/s1. The molecule has 2 N–H and O–H groups in total. The van der Waals surface area contributed by atoms with Crippen LogP contribution in [0.2, 0.25) is 0 Å². The van der Waals surface area contributed by atoms with Crippen LogP contribution in [0.1, 0.15) is 86.7 Å². The molecule has 1 amide bonds. The lowest BCUT2D eigenvalue weighted by atomic mass is 9.91. The van der Waals surface area contributed by atoms with Gasteiger partial charge >= 0.3 is 5.97 Å². The highest BCUT2D eigenvalue weighted by atomic mass is 32.2. The third kappa shape index (κ3) is 8.34. The number of benzene rings is 2. The Morgan fingerprint density at radius 2 is 1.79 bits per heavy atom. The van der Waals surface area contributed by atoms with Crippen LogP contribution in [0, 0.1) is 6.92 Å². The van der Waals surface area contributed by atoms with Crippen LogP contribution in [0.5, 0.6) is 0 Å². The van der Waals surface area contributed by atoms with Gasteiger partial charge in [-0.1, -0.05) is 75.9 Å². The molecule has 38 heavy (non-hydrogen) atoms. The number of nitrogens with one attached hydrogen (secondary N) is 1. The summed E-state index contributed by atoms with van der Waals surface area (Å²) in [6.07, 6.45) is 9.78. The second-order valence-electron chi connectivity index (χ2n) is 10.7. The van der Waals surface area contributed by atoms with E-state index in [9.17, 15) is 14.7 Å². The summed E-state index contributed by atoms with van der Waals surface area (Å²) in [6, 6.07) is 14.5. The first-order valence-electron chi connectivity index (χ1n) is 14.4. The van der Waals surface area contributed by atoms with E-state index >= 15 is 0 Å². The number of carbonyl (C=O) groups excluding carboxylic acids is 1. The highest BCUT2D eigenvalue weighted by Gasteiger charge is 2.25. The van der Waals surface area contributed by atoms with E-state index in [1.54, 1.807) is 0 Å². The van der Waals surface area contributed by atoms with Crippen LogP contribution in [-0.2, 0) is 11.2 Å². The highest BCUT2D eigenvalue weighted by molar-refractivity contribution is 7.99. The number of aliphatic carboxylic acids is 1. The molecule has 2 aromatic carbocycles. The van der Waals surface area contributed by atoms with Crippen molar-refractivity contribution in [3.63, 3.8) is 0 Å². The molecule has 208 valence electrons. The number of carboxylic acids is 1. The summed E-state index contributed by atoms with van der Waals surface area (Å²) in [5.74, 6) is 0.950. The number of hydrogen-bond acceptors (Lipinski definition) is 4. The predicted octanol–water partition coefficient (Wildman–Crippen LogP) is 6.96. The molecule has 2 atom stereocenters. The average molecular weight is 539 g/mol. The fourth-order valence-corrected chi connectivity index (χ4v) is 6.51. The van der Waals surface area contributed by atoms with Gasteiger partial charge in [0, 0.05) is 23.4 Å². The molecule has 0 aliphatic heterocycles. The average Bonchev–Trinajstić information content (AvgIpc) is 2.93. The third-order valence-electron chi connectivity index (χ3n) is 7.95. The quantitative estimate of drug-likeness (QED) is 0.272. The van der Waals surface area contributed by atoms with Crippen LogP contribution in [0.15, 0.2) is 42.5 Å². The maximum atomic E-state index is 13.3. The Kier molecular flexibility index (Phi) is 12.2. The number of thioether (sulfide) groups is 1. The number of rotatable bonds is 14. The van der Waals surface area contributed by atoms with Gasteiger partial charge in [0.05, 0.1) is 0 Å². The molecular weight excluding hydrogens is 492 g/mol. The Labute approximate surface area is 233 Å². The molecule has 0 spiro atoms. The Balaban J connectivity index is 1.85. The van der Waals surface area contributed by atoms with E-state index in [-0.39, 0.29) is 5.91 Å². The van der Waals surface area contributed by atoms with Crippen LogP contribution in [0.25, 0.3) is 11.1 Å². The first-order valence-corrected chi connectivity index (χ1v) is 15.5. The molecular formula is C32H46N2O3S. The Morgan fingerprint density at radius 1 is 1.05 bits per heavy atom. The summed E-state index contributed by atoms with van der Waals surface area (Å²) >= 11 is 2.02. The molecule has 3 rings (SSSR count). The van der Waals surface area contributed by atoms with Crippen molar-refractivity contribution in [3.05, 3.63) is 59.2 Å². The number of aryl methyl sites for hydroxylation is 2. The molecule has 0 aromatic heterocycles. The van der Waals surface area contributed by atoms with Crippen molar-refractivity contribution in [3.8, 4) is 11.1 Å². The number of nitrogens with zero attached hydrogens (tertiary/aromatic N) is 1. The lowest BCUT2D eigenvalue weighted by Gasteiger charge is -2.37. The third-order valence-corrected chi connectivity index (χ3v) is 8.98. The van der Waals surface area contributed by atoms with Crippen LogP contribution in [0.3, 0.4) is 0 Å². The molecule has 0 bridgehead atoms. The minimum Gasteiger partial charge on any atom is -0.480 e. The molecule has 6 heteroatoms. The monoisotopic (exact) mass is 538 g/mol. The molecule has 1 aliphatic rings. The van der Waals surface area contributed by atoms with Crippen LogP contribution in [0.4, 0.5) is 0 Å². The summed E-state index contributed by atoms with van der Waals surface area (Å²) in [4.78, 5) is 27.7. The van der Waals surface area contributed by atoms with Crippen molar-refractivity contribution in [2.75, 3.05) is 18.6 Å². The molecule has 0 radical (unpaired) electrons. The van der Waals surface area contributed by atoms with Crippen molar-refractivity contribution >= 4 is 23.6 Å².